The Balaban J connectivity index is 1.93. The number of carbonyl (C=O) groups excluding carboxylic acids is 1. The lowest BCUT2D eigenvalue weighted by atomic mass is 10.1. The molecule has 0 bridgehead atoms. The number of pyridine rings is 1. The number of hydrogen-bond donors (Lipinski definition) is 0. The van der Waals surface area contributed by atoms with Crippen LogP contribution in [0, 0.1) is 0 Å². The molecule has 0 aliphatic heterocycles. The summed E-state index contributed by atoms with van der Waals surface area (Å²) in [6.07, 6.45) is 3.85. The lowest BCUT2D eigenvalue weighted by Crippen LogP contribution is -2.14. The predicted molar refractivity (Wildman–Crippen MR) is 98.2 cm³/mol. The summed E-state index contributed by atoms with van der Waals surface area (Å²) in [5, 5.41) is 0. The van der Waals surface area contributed by atoms with E-state index < -0.39 is 0 Å². The van der Waals surface area contributed by atoms with Gasteiger partial charge in [-0.05, 0) is 42.7 Å². The molecule has 0 aliphatic carbocycles. The number of aryl methyl sites for hydroxylation is 1. The zero-order valence-electron chi connectivity index (χ0n) is 14.7. The van der Waals surface area contributed by atoms with Crippen LogP contribution < -0.4 is 4.74 Å². The van der Waals surface area contributed by atoms with E-state index in [0.717, 1.165) is 18.4 Å². The molecule has 0 unspecified atom stereocenters. The van der Waals surface area contributed by atoms with Crippen molar-refractivity contribution in [1.82, 2.24) is 4.40 Å². The highest BCUT2D eigenvalue weighted by Gasteiger charge is 2.14. The molecule has 0 N–H and O–H groups in total. The van der Waals surface area contributed by atoms with Crippen LogP contribution in [-0.4, -0.2) is 23.6 Å². The van der Waals surface area contributed by atoms with Crippen LogP contribution in [0.1, 0.15) is 30.7 Å². The fourth-order valence-electron chi connectivity index (χ4n) is 3.04. The number of nitrogens with zero attached hydrogens (tertiary/aromatic N) is 1. The molecule has 4 heteroatoms. The Labute approximate surface area is 148 Å². The van der Waals surface area contributed by atoms with Gasteiger partial charge >= 0.3 is 5.97 Å². The molecule has 0 saturated heterocycles. The van der Waals surface area contributed by atoms with Gasteiger partial charge in [0.15, 0.2) is 6.61 Å². The summed E-state index contributed by atoms with van der Waals surface area (Å²) in [7, 11) is 0. The van der Waals surface area contributed by atoms with Crippen molar-refractivity contribution in [1.29, 1.82) is 0 Å². The van der Waals surface area contributed by atoms with Gasteiger partial charge in [-0.2, -0.15) is 0 Å². The van der Waals surface area contributed by atoms with Crippen LogP contribution in [0.5, 0.6) is 5.75 Å². The maximum atomic E-state index is 11.6. The largest absolute Gasteiger partial charge is 0.480 e. The molecule has 0 radical (unpaired) electrons. The Morgan fingerprint density at radius 2 is 1.88 bits per heavy atom. The molecule has 25 heavy (non-hydrogen) atoms. The fourth-order valence-corrected chi connectivity index (χ4v) is 3.04. The van der Waals surface area contributed by atoms with Crippen LogP contribution in [0.3, 0.4) is 0 Å². The van der Waals surface area contributed by atoms with E-state index in [-0.39, 0.29) is 12.6 Å². The van der Waals surface area contributed by atoms with E-state index in [1.54, 1.807) is 6.92 Å². The summed E-state index contributed by atoms with van der Waals surface area (Å²) in [5.41, 5.74) is 4.80. The molecule has 0 spiro atoms. The molecule has 2 heterocycles. The van der Waals surface area contributed by atoms with Crippen molar-refractivity contribution >= 4 is 11.5 Å². The first-order valence-corrected chi connectivity index (χ1v) is 8.67. The minimum atomic E-state index is -0.351. The van der Waals surface area contributed by atoms with Gasteiger partial charge in [-0.3, -0.25) is 0 Å². The van der Waals surface area contributed by atoms with E-state index in [9.17, 15) is 4.79 Å². The average molecular weight is 337 g/mol. The zero-order chi connectivity index (χ0) is 17.6. The Kier molecular flexibility index (Phi) is 5.39. The average Bonchev–Trinajstić information content (AvgIpc) is 2.99. The number of esters is 1. The summed E-state index contributed by atoms with van der Waals surface area (Å²) < 4.78 is 12.8. The highest BCUT2D eigenvalue weighted by Crippen LogP contribution is 2.27. The van der Waals surface area contributed by atoms with Crippen molar-refractivity contribution in [2.75, 3.05) is 13.2 Å². The number of hydrogen-bond acceptors (Lipinski definition) is 3. The van der Waals surface area contributed by atoms with Gasteiger partial charge in [-0.1, -0.05) is 37.3 Å². The Morgan fingerprint density at radius 3 is 2.60 bits per heavy atom. The van der Waals surface area contributed by atoms with Crippen LogP contribution in [0.15, 0.2) is 54.7 Å². The number of rotatable bonds is 7. The number of ether oxygens (including phenoxy) is 2. The highest BCUT2D eigenvalue weighted by atomic mass is 16.6. The minimum absolute atomic E-state index is 0.0752. The molecule has 0 amide bonds. The first-order chi connectivity index (χ1) is 12.2. The number of aromatic nitrogens is 1. The lowest BCUT2D eigenvalue weighted by Gasteiger charge is -2.09. The Morgan fingerprint density at radius 1 is 1.08 bits per heavy atom. The summed E-state index contributed by atoms with van der Waals surface area (Å²) in [6.45, 7) is 4.23. The van der Waals surface area contributed by atoms with Crippen LogP contribution >= 0.6 is 0 Å². The summed E-state index contributed by atoms with van der Waals surface area (Å²) in [4.78, 5) is 11.6. The Hall–Kier alpha value is -2.75. The molecule has 3 rings (SSSR count). The van der Waals surface area contributed by atoms with Gasteiger partial charge in [0.25, 0.3) is 0 Å². The highest BCUT2D eigenvalue weighted by molar-refractivity contribution is 5.72. The summed E-state index contributed by atoms with van der Waals surface area (Å²) in [5.74, 6) is 0.348. The molecule has 0 fully saturated rings. The van der Waals surface area contributed by atoms with Gasteiger partial charge in [-0.15, -0.1) is 0 Å². The van der Waals surface area contributed by atoms with Crippen molar-refractivity contribution in [3.8, 4) is 5.75 Å². The van der Waals surface area contributed by atoms with Crippen LogP contribution in [0.25, 0.3) is 5.52 Å². The monoisotopic (exact) mass is 337 g/mol. The van der Waals surface area contributed by atoms with E-state index in [4.69, 9.17) is 9.47 Å². The first-order valence-electron chi connectivity index (χ1n) is 8.67. The molecule has 0 atom stereocenters. The molecule has 2 aromatic heterocycles. The van der Waals surface area contributed by atoms with E-state index in [1.807, 2.05) is 24.4 Å². The van der Waals surface area contributed by atoms with E-state index in [2.05, 4.69) is 41.7 Å². The smallest absolute Gasteiger partial charge is 0.344 e. The maximum absolute atomic E-state index is 11.6. The van der Waals surface area contributed by atoms with Crippen molar-refractivity contribution in [2.45, 2.75) is 26.7 Å². The van der Waals surface area contributed by atoms with E-state index in [1.165, 1.54) is 16.8 Å². The molecule has 3 aromatic rings. The molecule has 4 nitrogen and oxygen atoms in total. The third-order valence-corrected chi connectivity index (χ3v) is 4.21. The van der Waals surface area contributed by atoms with Crippen molar-refractivity contribution in [2.24, 2.45) is 0 Å². The second kappa shape index (κ2) is 7.88. The van der Waals surface area contributed by atoms with Crippen molar-refractivity contribution in [3.05, 3.63) is 71.5 Å². The number of fused-ring (bicyclic) bond motifs is 1. The van der Waals surface area contributed by atoms with Gasteiger partial charge in [0.2, 0.25) is 0 Å². The third-order valence-electron chi connectivity index (χ3n) is 4.21. The minimum Gasteiger partial charge on any atom is -0.480 e. The number of benzene rings is 1. The summed E-state index contributed by atoms with van der Waals surface area (Å²) >= 11 is 0. The van der Waals surface area contributed by atoms with Gasteiger partial charge in [0.05, 0.1) is 12.1 Å². The van der Waals surface area contributed by atoms with Gasteiger partial charge in [-0.25, -0.2) is 4.79 Å². The quantitative estimate of drug-likeness (QED) is 0.611. The molecule has 0 aliphatic rings. The molecule has 130 valence electrons. The first kappa shape index (κ1) is 17.1. The molecule has 0 saturated carbocycles. The van der Waals surface area contributed by atoms with Gasteiger partial charge in [0.1, 0.15) is 5.75 Å². The Bertz CT molecular complexity index is 852. The normalized spacial score (nSPS) is 10.8. The second-order valence-corrected chi connectivity index (χ2v) is 5.85. The van der Waals surface area contributed by atoms with Crippen LogP contribution in [0.2, 0.25) is 0 Å². The van der Waals surface area contributed by atoms with Gasteiger partial charge < -0.3 is 13.9 Å². The standard InChI is InChI=1S/C21H23NO3/c1-3-17-14-19-20(25-15-21(23)24-4-2)11-8-12-22(19)18(17)13-16-9-6-5-7-10-16/h5-12,14H,3-4,13,15H2,1-2H3. The third kappa shape index (κ3) is 3.85. The second-order valence-electron chi connectivity index (χ2n) is 5.85. The zero-order valence-corrected chi connectivity index (χ0v) is 14.7. The van der Waals surface area contributed by atoms with Crippen LogP contribution in [0.4, 0.5) is 0 Å². The summed E-state index contributed by atoms with van der Waals surface area (Å²) in [6, 6.07) is 16.4. The topological polar surface area (TPSA) is 39.9 Å². The lowest BCUT2D eigenvalue weighted by molar-refractivity contribution is -0.145. The predicted octanol–water partition coefficient (Wildman–Crippen LogP) is 4.03. The fraction of sp³-hybridized carbons (Fsp3) is 0.286. The van der Waals surface area contributed by atoms with Crippen molar-refractivity contribution in [3.63, 3.8) is 0 Å². The van der Waals surface area contributed by atoms with E-state index >= 15 is 0 Å². The maximum Gasteiger partial charge on any atom is 0.344 e. The molecule has 1 aromatic carbocycles. The van der Waals surface area contributed by atoms with Gasteiger partial charge in [0, 0.05) is 18.3 Å². The molecular weight excluding hydrogens is 314 g/mol. The number of carbonyl (C=O) groups is 1. The van der Waals surface area contributed by atoms with Crippen LogP contribution in [-0.2, 0) is 22.4 Å². The molecular formula is C21H23NO3. The van der Waals surface area contributed by atoms with Crippen molar-refractivity contribution < 1.29 is 14.3 Å². The SMILES string of the molecule is CCOC(=O)COc1cccn2c(Cc3ccccc3)c(CC)cc12. The van der Waals surface area contributed by atoms with E-state index in [0.29, 0.717) is 12.4 Å².